The lowest BCUT2D eigenvalue weighted by Gasteiger charge is -2.36. The summed E-state index contributed by atoms with van der Waals surface area (Å²) in [5.74, 6) is -1.69. The average molecular weight is 280 g/mol. The van der Waals surface area contributed by atoms with E-state index in [1.807, 2.05) is 0 Å². The number of aromatic nitrogens is 1. The van der Waals surface area contributed by atoms with E-state index >= 15 is 0 Å². The first-order valence-electron chi connectivity index (χ1n) is 6.60. The van der Waals surface area contributed by atoms with Crippen molar-refractivity contribution in [2.75, 3.05) is 0 Å². The second-order valence-corrected chi connectivity index (χ2v) is 5.39. The third-order valence-corrected chi connectivity index (χ3v) is 3.85. The Kier molecular flexibility index (Phi) is 4.01. The molecule has 0 aliphatic heterocycles. The van der Waals surface area contributed by atoms with Gasteiger partial charge in [0, 0.05) is 0 Å². The number of halogens is 1. The van der Waals surface area contributed by atoms with Gasteiger partial charge in [0.1, 0.15) is 17.1 Å². The van der Waals surface area contributed by atoms with E-state index in [1.165, 1.54) is 6.07 Å². The molecule has 6 heteroatoms. The molecule has 0 aromatic carbocycles. The Morgan fingerprint density at radius 3 is 2.55 bits per heavy atom. The lowest BCUT2D eigenvalue weighted by atomic mass is 9.77. The minimum Gasteiger partial charge on any atom is -0.480 e. The van der Waals surface area contributed by atoms with E-state index in [1.54, 1.807) is 0 Å². The zero-order valence-corrected chi connectivity index (χ0v) is 11.2. The van der Waals surface area contributed by atoms with E-state index in [-0.39, 0.29) is 5.69 Å². The molecular formula is C14H17FN2O3. The highest BCUT2D eigenvalue weighted by Gasteiger charge is 2.42. The Labute approximate surface area is 116 Å². The van der Waals surface area contributed by atoms with Crippen molar-refractivity contribution in [1.82, 2.24) is 10.3 Å². The van der Waals surface area contributed by atoms with Gasteiger partial charge >= 0.3 is 5.97 Å². The lowest BCUT2D eigenvalue weighted by molar-refractivity contribution is -0.146. The summed E-state index contributed by atoms with van der Waals surface area (Å²) in [6.45, 7) is 2.06. The molecule has 2 rings (SSSR count). The normalized spacial score (nSPS) is 26.0. The summed E-state index contributed by atoms with van der Waals surface area (Å²) in [5, 5.41) is 12.0. The Hall–Kier alpha value is -1.98. The third kappa shape index (κ3) is 2.95. The van der Waals surface area contributed by atoms with Crippen LogP contribution in [0.3, 0.4) is 0 Å². The summed E-state index contributed by atoms with van der Waals surface area (Å²) < 4.78 is 12.8. The first kappa shape index (κ1) is 14.4. The number of aliphatic carboxylic acids is 1. The number of carboxylic acid groups (broad SMARTS) is 1. The number of carboxylic acids is 1. The number of nitrogens with zero attached hydrogens (tertiary/aromatic N) is 1. The number of hydrogen-bond donors (Lipinski definition) is 2. The topological polar surface area (TPSA) is 79.3 Å². The summed E-state index contributed by atoms with van der Waals surface area (Å²) in [5.41, 5.74) is -1.22. The highest BCUT2D eigenvalue weighted by molar-refractivity contribution is 5.96. The molecule has 1 aliphatic rings. The maximum atomic E-state index is 12.8. The molecule has 0 radical (unpaired) electrons. The predicted molar refractivity (Wildman–Crippen MR) is 69.7 cm³/mol. The first-order valence-corrected chi connectivity index (χ1v) is 6.60. The fraction of sp³-hybridized carbons (Fsp3) is 0.500. The third-order valence-electron chi connectivity index (χ3n) is 3.85. The van der Waals surface area contributed by atoms with Crippen LogP contribution >= 0.6 is 0 Å². The van der Waals surface area contributed by atoms with Crippen LogP contribution < -0.4 is 5.32 Å². The number of carbonyl (C=O) groups is 2. The van der Waals surface area contributed by atoms with Crippen LogP contribution in [-0.4, -0.2) is 27.5 Å². The van der Waals surface area contributed by atoms with Gasteiger partial charge in [-0.3, -0.25) is 4.79 Å². The van der Waals surface area contributed by atoms with Crippen LogP contribution in [-0.2, 0) is 4.79 Å². The van der Waals surface area contributed by atoms with Crippen molar-refractivity contribution >= 4 is 11.9 Å². The fourth-order valence-corrected chi connectivity index (χ4v) is 2.44. The van der Waals surface area contributed by atoms with Gasteiger partial charge in [-0.15, -0.1) is 0 Å². The molecule has 1 saturated carbocycles. The molecule has 1 heterocycles. The lowest BCUT2D eigenvalue weighted by Crippen LogP contribution is -2.56. The summed E-state index contributed by atoms with van der Waals surface area (Å²) in [6, 6.07) is 2.37. The smallest absolute Gasteiger partial charge is 0.329 e. The molecule has 20 heavy (non-hydrogen) atoms. The van der Waals surface area contributed by atoms with Crippen LogP contribution in [0, 0.1) is 11.7 Å². The van der Waals surface area contributed by atoms with E-state index in [9.17, 15) is 19.1 Å². The summed E-state index contributed by atoms with van der Waals surface area (Å²) >= 11 is 0. The minimum atomic E-state index is -1.24. The molecule has 1 aliphatic carbocycles. The molecule has 0 saturated heterocycles. The standard InChI is InChI=1S/C14H17FN2O3/c1-9-4-6-14(7-5-9,13(19)20)17-12(18)11-3-2-10(15)8-16-11/h2-3,8-9H,4-7H2,1H3,(H,17,18)(H,19,20). The number of hydrogen-bond acceptors (Lipinski definition) is 3. The molecule has 1 fully saturated rings. The second kappa shape index (κ2) is 5.56. The van der Waals surface area contributed by atoms with E-state index in [4.69, 9.17) is 0 Å². The molecule has 5 nitrogen and oxygen atoms in total. The zero-order chi connectivity index (χ0) is 14.8. The maximum Gasteiger partial charge on any atom is 0.329 e. The van der Waals surface area contributed by atoms with Crippen LogP contribution in [0.4, 0.5) is 4.39 Å². The second-order valence-electron chi connectivity index (χ2n) is 5.39. The highest BCUT2D eigenvalue weighted by atomic mass is 19.1. The molecule has 0 spiro atoms. The van der Waals surface area contributed by atoms with Crippen molar-refractivity contribution in [1.29, 1.82) is 0 Å². The number of pyridine rings is 1. The molecule has 108 valence electrons. The van der Waals surface area contributed by atoms with Crippen molar-refractivity contribution in [3.05, 3.63) is 29.8 Å². The van der Waals surface area contributed by atoms with Gasteiger partial charge in [-0.25, -0.2) is 14.2 Å². The van der Waals surface area contributed by atoms with E-state index in [0.717, 1.165) is 25.1 Å². The molecule has 2 N–H and O–H groups in total. The molecule has 0 unspecified atom stereocenters. The maximum absolute atomic E-state index is 12.8. The van der Waals surface area contributed by atoms with Crippen LogP contribution in [0.1, 0.15) is 43.1 Å². The Morgan fingerprint density at radius 2 is 2.05 bits per heavy atom. The average Bonchev–Trinajstić information content (AvgIpc) is 2.42. The Balaban J connectivity index is 2.14. The highest BCUT2D eigenvalue weighted by Crippen LogP contribution is 2.32. The van der Waals surface area contributed by atoms with Gasteiger partial charge in [-0.05, 0) is 43.7 Å². The molecular weight excluding hydrogens is 263 g/mol. The van der Waals surface area contributed by atoms with Crippen LogP contribution in [0.15, 0.2) is 18.3 Å². The van der Waals surface area contributed by atoms with Gasteiger partial charge in [0.15, 0.2) is 0 Å². The largest absolute Gasteiger partial charge is 0.480 e. The summed E-state index contributed by atoms with van der Waals surface area (Å²) in [7, 11) is 0. The van der Waals surface area contributed by atoms with E-state index in [2.05, 4.69) is 17.2 Å². The molecule has 1 amide bonds. The predicted octanol–water partition coefficient (Wildman–Crippen LogP) is 1.98. The van der Waals surface area contributed by atoms with Crippen LogP contribution in [0.2, 0.25) is 0 Å². The van der Waals surface area contributed by atoms with Crippen molar-refractivity contribution in [3.63, 3.8) is 0 Å². The van der Waals surface area contributed by atoms with E-state index < -0.39 is 23.2 Å². The van der Waals surface area contributed by atoms with Gasteiger partial charge in [-0.2, -0.15) is 0 Å². The number of nitrogens with one attached hydrogen (secondary N) is 1. The van der Waals surface area contributed by atoms with Gasteiger partial charge in [0.2, 0.25) is 0 Å². The van der Waals surface area contributed by atoms with Crippen molar-refractivity contribution in [2.24, 2.45) is 5.92 Å². The van der Waals surface area contributed by atoms with Gasteiger partial charge in [0.25, 0.3) is 5.91 Å². The SMILES string of the molecule is CC1CCC(NC(=O)c2ccc(F)cn2)(C(=O)O)CC1. The zero-order valence-electron chi connectivity index (χ0n) is 11.2. The quantitative estimate of drug-likeness (QED) is 0.887. The van der Waals surface area contributed by atoms with Crippen LogP contribution in [0.5, 0.6) is 0 Å². The number of carbonyl (C=O) groups excluding carboxylic acids is 1. The number of amides is 1. The Bertz CT molecular complexity index is 508. The summed E-state index contributed by atoms with van der Waals surface area (Å²) in [4.78, 5) is 27.2. The fourth-order valence-electron chi connectivity index (χ4n) is 2.44. The monoisotopic (exact) mass is 280 g/mol. The van der Waals surface area contributed by atoms with Crippen molar-refractivity contribution < 1.29 is 19.1 Å². The number of rotatable bonds is 3. The Morgan fingerprint density at radius 1 is 1.40 bits per heavy atom. The van der Waals surface area contributed by atoms with Crippen LogP contribution in [0.25, 0.3) is 0 Å². The first-order chi connectivity index (χ1) is 9.43. The molecule has 1 aromatic rings. The molecule has 0 atom stereocenters. The van der Waals surface area contributed by atoms with E-state index in [0.29, 0.717) is 18.8 Å². The van der Waals surface area contributed by atoms with Crippen molar-refractivity contribution in [3.8, 4) is 0 Å². The van der Waals surface area contributed by atoms with Gasteiger partial charge < -0.3 is 10.4 Å². The molecule has 0 bridgehead atoms. The van der Waals surface area contributed by atoms with Gasteiger partial charge in [0.05, 0.1) is 6.20 Å². The van der Waals surface area contributed by atoms with Gasteiger partial charge in [-0.1, -0.05) is 6.92 Å². The minimum absolute atomic E-state index is 0.0191. The molecule has 1 aromatic heterocycles. The summed E-state index contributed by atoms with van der Waals surface area (Å²) in [6.07, 6.45) is 3.24. The van der Waals surface area contributed by atoms with Crippen molar-refractivity contribution in [2.45, 2.75) is 38.1 Å².